The fourth-order valence-corrected chi connectivity index (χ4v) is 2.97. The Balaban J connectivity index is 1.55. The molecule has 0 aromatic carbocycles. The van der Waals surface area contributed by atoms with E-state index in [1.54, 1.807) is 28.0 Å². The molecule has 0 spiro atoms. The molecule has 0 saturated heterocycles. The molecule has 3 aromatic rings. The minimum Gasteiger partial charge on any atom is -0.350 e. The van der Waals surface area contributed by atoms with Gasteiger partial charge in [0.1, 0.15) is 5.69 Å². The van der Waals surface area contributed by atoms with Gasteiger partial charge in [-0.05, 0) is 11.6 Å². The molecule has 1 amide bonds. The second-order valence-electron chi connectivity index (χ2n) is 5.72. The zero-order valence-corrected chi connectivity index (χ0v) is 13.7. The molecule has 1 aliphatic rings. The molecule has 3 aromatic heterocycles. The first kappa shape index (κ1) is 14.9. The van der Waals surface area contributed by atoms with Crippen molar-refractivity contribution in [3.63, 3.8) is 0 Å². The van der Waals surface area contributed by atoms with E-state index in [2.05, 4.69) is 15.2 Å². The fourth-order valence-electron chi connectivity index (χ4n) is 2.79. The Kier molecular flexibility index (Phi) is 3.57. The fraction of sp³-hybridized carbons (Fsp3) is 0.250. The van der Waals surface area contributed by atoms with Crippen LogP contribution in [0.4, 0.5) is 0 Å². The van der Waals surface area contributed by atoms with Crippen LogP contribution in [0, 0.1) is 0 Å². The highest BCUT2D eigenvalue weighted by molar-refractivity contribution is 6.30. The minimum atomic E-state index is -0.191. The van der Waals surface area contributed by atoms with E-state index in [4.69, 9.17) is 16.1 Å². The molecule has 0 atom stereocenters. The molecule has 7 nitrogen and oxygen atoms in total. The lowest BCUT2D eigenvalue weighted by Crippen LogP contribution is -2.36. The smallest absolute Gasteiger partial charge is 0.292 e. The van der Waals surface area contributed by atoms with Crippen LogP contribution in [-0.4, -0.2) is 37.3 Å². The molecule has 4 heterocycles. The van der Waals surface area contributed by atoms with Gasteiger partial charge < -0.3 is 9.42 Å². The third-order valence-corrected chi connectivity index (χ3v) is 4.22. The van der Waals surface area contributed by atoms with E-state index in [9.17, 15) is 4.79 Å². The highest BCUT2D eigenvalue weighted by atomic mass is 35.5. The Bertz CT molecular complexity index is 917. The number of rotatable bonds is 2. The van der Waals surface area contributed by atoms with Crippen LogP contribution in [0.5, 0.6) is 0 Å². The van der Waals surface area contributed by atoms with E-state index in [0.29, 0.717) is 30.2 Å². The molecule has 24 heavy (non-hydrogen) atoms. The molecule has 8 heteroatoms. The van der Waals surface area contributed by atoms with Crippen LogP contribution >= 0.6 is 11.6 Å². The molecule has 0 bridgehead atoms. The van der Waals surface area contributed by atoms with Crippen molar-refractivity contribution in [2.24, 2.45) is 7.05 Å². The monoisotopic (exact) mass is 343 g/mol. The van der Waals surface area contributed by atoms with Crippen LogP contribution in [0.2, 0.25) is 5.02 Å². The number of carbonyl (C=O) groups is 1. The topological polar surface area (TPSA) is 77.0 Å². The molecule has 0 saturated carbocycles. The number of halogens is 1. The summed E-state index contributed by atoms with van der Waals surface area (Å²) >= 11 is 5.99. The summed E-state index contributed by atoms with van der Waals surface area (Å²) in [6.07, 6.45) is 5.82. The lowest BCUT2D eigenvalue weighted by Gasteiger charge is -2.27. The van der Waals surface area contributed by atoms with E-state index < -0.39 is 0 Å². The average Bonchev–Trinajstić information content (AvgIpc) is 3.22. The van der Waals surface area contributed by atoms with Gasteiger partial charge >= 0.3 is 0 Å². The van der Waals surface area contributed by atoms with E-state index in [1.807, 2.05) is 19.3 Å². The Morgan fingerprint density at radius 3 is 3.00 bits per heavy atom. The van der Waals surface area contributed by atoms with Gasteiger partial charge in [-0.1, -0.05) is 16.8 Å². The number of aryl methyl sites for hydroxylation is 1. The highest BCUT2D eigenvalue weighted by Crippen LogP contribution is 2.23. The summed E-state index contributed by atoms with van der Waals surface area (Å²) < 4.78 is 6.91. The van der Waals surface area contributed by atoms with E-state index in [1.165, 1.54) is 0 Å². The van der Waals surface area contributed by atoms with Crippen molar-refractivity contribution < 1.29 is 9.32 Å². The van der Waals surface area contributed by atoms with Gasteiger partial charge in [0, 0.05) is 56.3 Å². The van der Waals surface area contributed by atoms with Crippen LogP contribution in [0.1, 0.15) is 21.8 Å². The molecule has 4 rings (SSSR count). The maximum absolute atomic E-state index is 12.7. The van der Waals surface area contributed by atoms with Gasteiger partial charge in [0.15, 0.2) is 0 Å². The van der Waals surface area contributed by atoms with Crippen molar-refractivity contribution in [2.75, 3.05) is 6.54 Å². The summed E-state index contributed by atoms with van der Waals surface area (Å²) in [5.41, 5.74) is 3.35. The first-order valence-corrected chi connectivity index (χ1v) is 7.86. The lowest BCUT2D eigenvalue weighted by molar-refractivity contribution is 0.0691. The number of hydrogen-bond donors (Lipinski definition) is 0. The maximum atomic E-state index is 12.7. The van der Waals surface area contributed by atoms with Crippen molar-refractivity contribution in [1.29, 1.82) is 0 Å². The summed E-state index contributed by atoms with van der Waals surface area (Å²) in [6.45, 7) is 1.05. The Hall–Kier alpha value is -2.67. The van der Waals surface area contributed by atoms with Crippen LogP contribution in [-0.2, 0) is 20.0 Å². The zero-order chi connectivity index (χ0) is 16.7. The molecule has 0 radical (unpaired) electrons. The van der Waals surface area contributed by atoms with Gasteiger partial charge in [-0.2, -0.15) is 5.10 Å². The number of amides is 1. The number of pyridine rings is 1. The van der Waals surface area contributed by atoms with Crippen molar-refractivity contribution in [2.45, 2.75) is 13.0 Å². The maximum Gasteiger partial charge on any atom is 0.292 e. The van der Waals surface area contributed by atoms with Crippen LogP contribution in [0.25, 0.3) is 11.3 Å². The number of carbonyl (C=O) groups excluding carboxylic acids is 1. The van der Waals surface area contributed by atoms with E-state index in [0.717, 1.165) is 16.8 Å². The van der Waals surface area contributed by atoms with Gasteiger partial charge in [-0.3, -0.25) is 14.5 Å². The van der Waals surface area contributed by atoms with Gasteiger partial charge in [0.25, 0.3) is 5.91 Å². The highest BCUT2D eigenvalue weighted by Gasteiger charge is 2.26. The van der Waals surface area contributed by atoms with E-state index >= 15 is 0 Å². The SMILES string of the molecule is Cn1cc(-c2cc(C(=O)N3CCc4ncc(Cl)cc4C3)on2)cn1. The number of hydrogen-bond acceptors (Lipinski definition) is 5. The Morgan fingerprint density at radius 1 is 1.33 bits per heavy atom. The predicted molar refractivity (Wildman–Crippen MR) is 86.4 cm³/mol. The van der Waals surface area contributed by atoms with Gasteiger partial charge in [0.05, 0.1) is 11.2 Å². The predicted octanol–water partition coefficient (Wildman–Crippen LogP) is 2.32. The van der Waals surface area contributed by atoms with Crippen LogP contribution in [0.3, 0.4) is 0 Å². The van der Waals surface area contributed by atoms with Gasteiger partial charge in [-0.25, -0.2) is 0 Å². The summed E-state index contributed by atoms with van der Waals surface area (Å²) in [6, 6.07) is 3.50. The number of nitrogens with zero attached hydrogens (tertiary/aromatic N) is 5. The van der Waals surface area contributed by atoms with Crippen molar-refractivity contribution in [3.05, 3.63) is 52.8 Å². The molecule has 0 fully saturated rings. The number of fused-ring (bicyclic) bond motifs is 1. The summed E-state index contributed by atoms with van der Waals surface area (Å²) in [7, 11) is 1.82. The molecule has 122 valence electrons. The Morgan fingerprint density at radius 2 is 2.21 bits per heavy atom. The van der Waals surface area contributed by atoms with Crippen molar-refractivity contribution in [3.8, 4) is 11.3 Å². The standard InChI is InChI=1S/C16H14ClN5O2/c1-21-8-11(6-19-21)14-5-15(24-20-14)16(23)22-3-2-13-10(9-22)4-12(17)7-18-13/h4-8H,2-3,9H2,1H3. The quantitative estimate of drug-likeness (QED) is 0.713. The molecular formula is C16H14ClN5O2. The molecule has 0 aliphatic carbocycles. The van der Waals surface area contributed by atoms with Crippen molar-refractivity contribution in [1.82, 2.24) is 24.8 Å². The average molecular weight is 344 g/mol. The van der Waals surface area contributed by atoms with Crippen LogP contribution < -0.4 is 0 Å². The summed E-state index contributed by atoms with van der Waals surface area (Å²) in [4.78, 5) is 18.7. The Labute approximate surface area is 142 Å². The molecule has 0 N–H and O–H groups in total. The third kappa shape index (κ3) is 2.67. The van der Waals surface area contributed by atoms with Gasteiger partial charge in [-0.15, -0.1) is 0 Å². The number of aromatic nitrogens is 4. The van der Waals surface area contributed by atoms with Gasteiger partial charge in [0.2, 0.25) is 5.76 Å². The lowest BCUT2D eigenvalue weighted by atomic mass is 10.1. The first-order valence-electron chi connectivity index (χ1n) is 7.48. The van der Waals surface area contributed by atoms with E-state index in [-0.39, 0.29) is 11.7 Å². The zero-order valence-electron chi connectivity index (χ0n) is 12.9. The largest absolute Gasteiger partial charge is 0.350 e. The third-order valence-electron chi connectivity index (χ3n) is 4.02. The summed E-state index contributed by atoms with van der Waals surface area (Å²) in [5.74, 6) is 0.0237. The second kappa shape index (κ2) is 5.76. The molecule has 1 aliphatic heterocycles. The normalized spacial score (nSPS) is 13.8. The van der Waals surface area contributed by atoms with Crippen LogP contribution in [0.15, 0.2) is 35.2 Å². The minimum absolute atomic E-state index is 0.191. The second-order valence-corrected chi connectivity index (χ2v) is 6.15. The first-order chi connectivity index (χ1) is 11.6. The summed E-state index contributed by atoms with van der Waals surface area (Å²) in [5, 5.41) is 8.63. The molecular weight excluding hydrogens is 330 g/mol. The molecule has 0 unspecified atom stereocenters. The van der Waals surface area contributed by atoms with Crippen molar-refractivity contribution >= 4 is 17.5 Å².